The Bertz CT molecular complexity index is 1790. The lowest BCUT2D eigenvalue weighted by Gasteiger charge is -2.04. The van der Waals surface area contributed by atoms with Crippen LogP contribution in [-0.4, -0.2) is 21.9 Å². The number of aryl methyl sites for hydroxylation is 1. The van der Waals surface area contributed by atoms with Gasteiger partial charge < -0.3 is 14.1 Å². The molecule has 3 aromatic heterocycles. The van der Waals surface area contributed by atoms with Gasteiger partial charge in [-0.2, -0.15) is 0 Å². The van der Waals surface area contributed by atoms with E-state index in [1.807, 2.05) is 12.1 Å². The van der Waals surface area contributed by atoms with Gasteiger partial charge >= 0.3 is 0 Å². The van der Waals surface area contributed by atoms with Gasteiger partial charge in [0.15, 0.2) is 0 Å². The number of aromatic nitrogens is 2. The van der Waals surface area contributed by atoms with Crippen LogP contribution in [0.2, 0.25) is 0 Å². The summed E-state index contributed by atoms with van der Waals surface area (Å²) in [7, 11) is 4.25. The van der Waals surface area contributed by atoms with Crippen molar-refractivity contribution in [3.63, 3.8) is 0 Å². The third-order valence-corrected chi connectivity index (χ3v) is 6.57. The number of hydrogen-bond acceptors (Lipinski definition) is 1. The van der Waals surface area contributed by atoms with E-state index >= 15 is 0 Å². The second-order valence-electron chi connectivity index (χ2n) is 8.18. The smallest absolute Gasteiger partial charge is 0.139 e. The highest BCUT2D eigenvalue weighted by atomic mass is 16.3. The van der Waals surface area contributed by atoms with Crippen LogP contribution in [-0.2, 0) is 7.05 Å². The van der Waals surface area contributed by atoms with E-state index in [-0.39, 0.29) is 0 Å². The van der Waals surface area contributed by atoms with Crippen LogP contribution in [0.4, 0.5) is 0 Å². The Kier molecular flexibility index (Phi) is 2.55. The molecule has 0 amide bonds. The number of phenols is 1. The summed E-state index contributed by atoms with van der Waals surface area (Å²) in [5.41, 5.74) is 7.21. The average Bonchev–Trinajstić information content (AvgIpc) is 3.15. The van der Waals surface area contributed by atoms with Crippen LogP contribution in [0.15, 0.2) is 66.7 Å². The Hall–Kier alpha value is -3.66. The van der Waals surface area contributed by atoms with Crippen molar-refractivity contribution in [1.29, 1.82) is 0 Å². The first-order chi connectivity index (χ1) is 14.1. The zero-order valence-corrected chi connectivity index (χ0v) is 16.2. The van der Waals surface area contributed by atoms with E-state index in [2.05, 4.69) is 78.5 Å². The first kappa shape index (κ1) is 15.3. The molecular weight excluding hydrogens is 355 g/mol. The van der Waals surface area contributed by atoms with Crippen molar-refractivity contribution in [2.24, 2.45) is 7.05 Å². The van der Waals surface area contributed by atoms with Crippen molar-refractivity contribution in [1.82, 2.24) is 8.97 Å². The number of hydrogen-bond donors (Lipinski definition) is 1. The van der Waals surface area contributed by atoms with Crippen molar-refractivity contribution in [2.45, 2.75) is 0 Å². The molecule has 0 aliphatic rings. The molecule has 7 rings (SSSR count). The van der Waals surface area contributed by atoms with Crippen LogP contribution in [0.5, 0.6) is 5.75 Å². The van der Waals surface area contributed by atoms with Crippen LogP contribution in [0.1, 0.15) is 0 Å². The second kappa shape index (κ2) is 4.84. The summed E-state index contributed by atoms with van der Waals surface area (Å²) in [5.74, 6) is 0.309. The maximum absolute atomic E-state index is 10.7. The normalized spacial score (nSPS) is 12.6. The van der Waals surface area contributed by atoms with Gasteiger partial charge in [-0.05, 0) is 41.8 Å². The fraction of sp³-hybridized carbons (Fsp3) is 0.0400. The highest BCUT2D eigenvalue weighted by Gasteiger charge is 2.20. The van der Waals surface area contributed by atoms with Crippen LogP contribution < -0.4 is 5.46 Å². The van der Waals surface area contributed by atoms with Gasteiger partial charge in [-0.3, -0.25) is 0 Å². The first-order valence-corrected chi connectivity index (χ1v) is 9.92. The molecule has 4 aromatic carbocycles. The minimum atomic E-state index is 0.309. The van der Waals surface area contributed by atoms with E-state index in [0.717, 1.165) is 10.8 Å². The van der Waals surface area contributed by atoms with E-state index in [9.17, 15) is 5.11 Å². The fourth-order valence-corrected chi connectivity index (χ4v) is 5.39. The third-order valence-electron chi connectivity index (χ3n) is 6.57. The molecule has 0 aliphatic carbocycles. The zero-order chi connectivity index (χ0) is 19.4. The Morgan fingerprint density at radius 2 is 1.38 bits per heavy atom. The molecule has 1 N–H and O–H groups in total. The van der Waals surface area contributed by atoms with Crippen LogP contribution >= 0.6 is 0 Å². The number of nitrogens with zero attached hydrogens (tertiary/aromatic N) is 2. The molecule has 0 atom stereocenters. The Morgan fingerprint density at radius 3 is 2.21 bits per heavy atom. The number of phenolic OH excluding ortho intramolecular Hbond substituents is 1. The SMILES string of the molecule is Bc1ccc2c(c1)c1cc(O)cc3c4cccc5c4c4c(cccc4n2c31)n5C. The van der Waals surface area contributed by atoms with E-state index in [0.29, 0.717) is 5.75 Å². The van der Waals surface area contributed by atoms with E-state index in [1.165, 1.54) is 54.6 Å². The lowest BCUT2D eigenvalue weighted by molar-refractivity contribution is 0.477. The number of fused-ring (bicyclic) bond motifs is 5. The van der Waals surface area contributed by atoms with Gasteiger partial charge in [0.25, 0.3) is 0 Å². The fourth-order valence-electron chi connectivity index (χ4n) is 5.39. The number of aromatic hydroxyl groups is 1. The minimum absolute atomic E-state index is 0.309. The predicted molar refractivity (Wildman–Crippen MR) is 125 cm³/mol. The molecule has 7 aromatic rings. The summed E-state index contributed by atoms with van der Waals surface area (Å²) in [5, 5.41) is 17.7. The molecule has 3 nitrogen and oxygen atoms in total. The molecule has 0 aliphatic heterocycles. The van der Waals surface area contributed by atoms with Crippen molar-refractivity contribution < 1.29 is 5.11 Å². The monoisotopic (exact) mass is 372 g/mol. The van der Waals surface area contributed by atoms with Gasteiger partial charge in [0.2, 0.25) is 0 Å². The Balaban J connectivity index is 2.03. The summed E-state index contributed by atoms with van der Waals surface area (Å²) >= 11 is 0. The maximum Gasteiger partial charge on any atom is 0.139 e. The lowest BCUT2D eigenvalue weighted by atomic mass is 9.94. The van der Waals surface area contributed by atoms with Crippen molar-refractivity contribution in [3.05, 3.63) is 66.7 Å². The van der Waals surface area contributed by atoms with Gasteiger partial charge in [-0.25, -0.2) is 0 Å². The van der Waals surface area contributed by atoms with E-state index in [1.54, 1.807) is 0 Å². The van der Waals surface area contributed by atoms with E-state index in [4.69, 9.17) is 0 Å². The average molecular weight is 372 g/mol. The second-order valence-corrected chi connectivity index (χ2v) is 8.18. The number of benzene rings is 4. The van der Waals surface area contributed by atoms with E-state index < -0.39 is 0 Å². The third kappa shape index (κ3) is 1.67. The van der Waals surface area contributed by atoms with Gasteiger partial charge in [0, 0.05) is 39.5 Å². The summed E-state index contributed by atoms with van der Waals surface area (Å²) in [6.07, 6.45) is 0. The number of rotatable bonds is 0. The molecule has 0 unspecified atom stereocenters. The first-order valence-electron chi connectivity index (χ1n) is 9.92. The molecule has 0 saturated heterocycles. The Labute approximate surface area is 167 Å². The Morgan fingerprint density at radius 1 is 0.690 bits per heavy atom. The molecule has 0 bridgehead atoms. The lowest BCUT2D eigenvalue weighted by Crippen LogP contribution is -1.99. The summed E-state index contributed by atoms with van der Waals surface area (Å²) < 4.78 is 4.67. The minimum Gasteiger partial charge on any atom is -0.508 e. The van der Waals surface area contributed by atoms with Gasteiger partial charge in [-0.1, -0.05) is 35.8 Å². The van der Waals surface area contributed by atoms with Crippen molar-refractivity contribution >= 4 is 73.2 Å². The van der Waals surface area contributed by atoms with Crippen LogP contribution in [0, 0.1) is 0 Å². The van der Waals surface area contributed by atoms with Crippen LogP contribution in [0.3, 0.4) is 0 Å². The van der Waals surface area contributed by atoms with Crippen LogP contribution in [0.25, 0.3) is 59.9 Å². The predicted octanol–water partition coefficient (Wildman–Crippen LogP) is 4.45. The molecule has 3 heterocycles. The highest BCUT2D eigenvalue weighted by molar-refractivity contribution is 6.35. The highest BCUT2D eigenvalue weighted by Crippen LogP contribution is 2.43. The molecule has 0 fully saturated rings. The summed E-state index contributed by atoms with van der Waals surface area (Å²) in [6.45, 7) is 0. The molecule has 0 saturated carbocycles. The molecular formula is C25H17BN2O. The molecule has 4 heteroatoms. The molecule has 136 valence electrons. The maximum atomic E-state index is 10.7. The van der Waals surface area contributed by atoms with Gasteiger partial charge in [0.1, 0.15) is 13.6 Å². The summed E-state index contributed by atoms with van der Waals surface area (Å²) in [4.78, 5) is 0. The largest absolute Gasteiger partial charge is 0.508 e. The van der Waals surface area contributed by atoms with Gasteiger partial charge in [0.05, 0.1) is 22.1 Å². The van der Waals surface area contributed by atoms with Gasteiger partial charge in [-0.15, -0.1) is 0 Å². The zero-order valence-electron chi connectivity index (χ0n) is 16.2. The summed E-state index contributed by atoms with van der Waals surface area (Å²) in [6, 6.07) is 23.5. The molecule has 29 heavy (non-hydrogen) atoms. The topological polar surface area (TPSA) is 29.6 Å². The quantitative estimate of drug-likeness (QED) is 0.392. The van der Waals surface area contributed by atoms with Crippen molar-refractivity contribution in [3.8, 4) is 5.75 Å². The van der Waals surface area contributed by atoms with Crippen molar-refractivity contribution in [2.75, 3.05) is 0 Å². The standard InChI is InChI=1S/C25H17BN2O/c1-27-20-5-2-4-15-17-11-14(29)12-18-16-10-13(26)8-9-19(16)28(25(17)18)22-7-3-6-21(27)24(22)23(15)20/h2-12,29H,26H2,1H3. The molecule has 0 radical (unpaired) electrons. The molecule has 0 spiro atoms.